The fraction of sp³-hybridized carbons (Fsp3) is 0.383. The molecule has 0 radical (unpaired) electrons. The number of aryl methyl sites for hydroxylation is 1. The zero-order chi connectivity index (χ0) is 39.7. The molecule has 6 N–H and O–H groups in total. The van der Waals surface area contributed by atoms with E-state index in [1.165, 1.54) is 33.2 Å². The molecule has 56 heavy (non-hydrogen) atoms. The first kappa shape index (κ1) is 40.4. The Bertz CT molecular complexity index is 2360. The lowest BCUT2D eigenvalue weighted by molar-refractivity contribution is -0.655. The molecule has 0 bridgehead atoms. The summed E-state index contributed by atoms with van der Waals surface area (Å²) in [7, 11) is 4.18. The van der Waals surface area contributed by atoms with Gasteiger partial charge in [-0.15, -0.1) is 0 Å². The monoisotopic (exact) mass is 755 g/mol. The average molecular weight is 756 g/mol. The Morgan fingerprint density at radius 2 is 1.57 bits per heavy atom. The first-order chi connectivity index (χ1) is 27.0. The van der Waals surface area contributed by atoms with Gasteiger partial charge >= 0.3 is 0 Å². The predicted octanol–water partition coefficient (Wildman–Crippen LogP) is 4.81. The Hall–Kier alpha value is -5.25. The summed E-state index contributed by atoms with van der Waals surface area (Å²) in [4.78, 5) is 42.3. The molecule has 0 fully saturated rings. The molecule has 0 aliphatic heterocycles. The third kappa shape index (κ3) is 9.94. The predicted molar refractivity (Wildman–Crippen MR) is 232 cm³/mol. The molecule has 0 atom stereocenters. The zero-order valence-corrected chi connectivity index (χ0v) is 33.7. The molecule has 1 aliphatic rings. The quantitative estimate of drug-likeness (QED) is 0.0613. The number of pyridine rings is 1. The number of nitrogens with zero attached hydrogens (tertiary/aromatic N) is 1. The Morgan fingerprint density at radius 3 is 2.38 bits per heavy atom. The molecule has 294 valence electrons. The Kier molecular flexibility index (Phi) is 13.4. The van der Waals surface area contributed by atoms with Gasteiger partial charge in [-0.05, 0) is 106 Å². The van der Waals surface area contributed by atoms with Gasteiger partial charge in [-0.25, -0.2) is 0 Å². The first-order valence-corrected chi connectivity index (χ1v) is 20.3. The van der Waals surface area contributed by atoms with Crippen molar-refractivity contribution < 1.29 is 14.9 Å². The van der Waals surface area contributed by atoms with E-state index in [4.69, 9.17) is 0 Å². The highest BCUT2D eigenvalue weighted by Crippen LogP contribution is 2.36. The number of rotatable bonds is 19. The number of fused-ring (bicyclic) bond motifs is 5. The maximum Gasteiger partial charge on any atom is 0.256 e. The lowest BCUT2D eigenvalue weighted by Crippen LogP contribution is -2.84. The maximum absolute atomic E-state index is 12.5. The van der Waals surface area contributed by atoms with Gasteiger partial charge in [0, 0.05) is 73.0 Å². The molecule has 5 aromatic rings. The van der Waals surface area contributed by atoms with Gasteiger partial charge in [0.15, 0.2) is 0 Å². The third-order valence-corrected chi connectivity index (χ3v) is 11.2. The average Bonchev–Trinajstić information content (AvgIpc) is 3.17. The Balaban J connectivity index is 0.790. The van der Waals surface area contributed by atoms with E-state index in [9.17, 15) is 14.4 Å². The summed E-state index contributed by atoms with van der Waals surface area (Å²) in [6.45, 7) is 12.8. The summed E-state index contributed by atoms with van der Waals surface area (Å²) in [5.74, 6) is 0.0267. The van der Waals surface area contributed by atoms with Gasteiger partial charge in [-0.2, -0.15) is 0 Å². The minimum atomic E-state index is -0.119. The van der Waals surface area contributed by atoms with Gasteiger partial charge in [0.1, 0.15) is 0 Å². The summed E-state index contributed by atoms with van der Waals surface area (Å²) >= 11 is 0. The molecule has 1 aromatic heterocycles. The van der Waals surface area contributed by atoms with Gasteiger partial charge < -0.3 is 31.2 Å². The van der Waals surface area contributed by atoms with Crippen LogP contribution < -0.4 is 42.2 Å². The number of benzene rings is 4. The van der Waals surface area contributed by atoms with Crippen molar-refractivity contribution in [3.63, 3.8) is 0 Å². The Morgan fingerprint density at radius 1 is 0.804 bits per heavy atom. The second-order valence-corrected chi connectivity index (χ2v) is 16.0. The molecule has 6 rings (SSSR count). The van der Waals surface area contributed by atoms with Gasteiger partial charge in [-0.3, -0.25) is 14.4 Å². The topological polar surface area (TPSA) is 123 Å². The van der Waals surface area contributed by atoms with E-state index in [-0.39, 0.29) is 29.3 Å². The number of anilines is 2. The van der Waals surface area contributed by atoms with E-state index >= 15 is 0 Å². The number of unbranched alkanes of at least 4 members (excludes halogenated alkanes) is 3. The lowest BCUT2D eigenvalue weighted by Gasteiger charge is -2.33. The molecule has 4 aromatic carbocycles. The number of H-pyrrole nitrogens is 1. The van der Waals surface area contributed by atoms with Crippen LogP contribution in [0.25, 0.3) is 34.3 Å². The van der Waals surface area contributed by atoms with Crippen molar-refractivity contribution in [2.45, 2.75) is 70.6 Å². The number of nitrogens with two attached hydrogens (primary N) is 1. The van der Waals surface area contributed by atoms with Crippen LogP contribution in [0.15, 0.2) is 77.6 Å². The van der Waals surface area contributed by atoms with Crippen LogP contribution in [0.5, 0.6) is 0 Å². The molecular weight excluding hydrogens is 697 g/mol. The van der Waals surface area contributed by atoms with Gasteiger partial charge in [0.2, 0.25) is 11.8 Å². The number of aromatic amines is 1. The van der Waals surface area contributed by atoms with Gasteiger partial charge in [-0.1, -0.05) is 69.7 Å². The van der Waals surface area contributed by atoms with E-state index in [0.717, 1.165) is 86.1 Å². The van der Waals surface area contributed by atoms with E-state index in [2.05, 4.69) is 102 Å². The van der Waals surface area contributed by atoms with Gasteiger partial charge in [0.25, 0.3) is 5.56 Å². The van der Waals surface area contributed by atoms with Crippen molar-refractivity contribution in [1.82, 2.24) is 15.6 Å². The third-order valence-electron chi connectivity index (χ3n) is 11.2. The zero-order valence-electron chi connectivity index (χ0n) is 33.7. The normalized spacial score (nSPS) is 12.9. The van der Waals surface area contributed by atoms with Crippen molar-refractivity contribution in [2.75, 3.05) is 57.0 Å². The number of carbonyl (C=O) groups excluding carboxylic acids is 2. The number of amides is 2. The molecule has 9 heteroatoms. The minimum absolute atomic E-state index is 0.0820. The molecule has 1 aliphatic carbocycles. The summed E-state index contributed by atoms with van der Waals surface area (Å²) in [6.07, 6.45) is 9.86. The maximum atomic E-state index is 12.5. The molecule has 0 saturated heterocycles. The minimum Gasteiger partial charge on any atom is -0.378 e. The van der Waals surface area contributed by atoms with Crippen LogP contribution in [0.3, 0.4) is 0 Å². The van der Waals surface area contributed by atoms with Gasteiger partial charge in [0.05, 0.1) is 19.6 Å². The molecule has 0 spiro atoms. The van der Waals surface area contributed by atoms with Crippen molar-refractivity contribution >= 4 is 57.5 Å². The van der Waals surface area contributed by atoms with E-state index < -0.39 is 0 Å². The molecule has 0 unspecified atom stereocenters. The Labute approximate surface area is 330 Å². The number of hydrogen-bond acceptors (Lipinski definition) is 5. The van der Waals surface area contributed by atoms with E-state index in [1.807, 2.05) is 30.3 Å². The van der Waals surface area contributed by atoms with Crippen molar-refractivity contribution in [2.24, 2.45) is 0 Å². The van der Waals surface area contributed by atoms with Crippen molar-refractivity contribution in [3.8, 4) is 0 Å². The summed E-state index contributed by atoms with van der Waals surface area (Å²) in [6, 6.07) is 24.4. The van der Waals surface area contributed by atoms with Crippen LogP contribution in [0.4, 0.5) is 11.4 Å². The molecule has 2 amide bonds. The molecule has 0 saturated carbocycles. The fourth-order valence-electron chi connectivity index (χ4n) is 7.90. The molecule has 9 nitrogen and oxygen atoms in total. The smallest absolute Gasteiger partial charge is 0.256 e. The van der Waals surface area contributed by atoms with Crippen LogP contribution in [0.2, 0.25) is 0 Å². The summed E-state index contributed by atoms with van der Waals surface area (Å²) < 4.78 is 0. The lowest BCUT2D eigenvalue weighted by atomic mass is 9.71. The van der Waals surface area contributed by atoms with E-state index in [0.29, 0.717) is 24.0 Å². The number of quaternary nitrogens is 1. The van der Waals surface area contributed by atoms with Crippen molar-refractivity contribution in [3.05, 3.63) is 116 Å². The fourth-order valence-corrected chi connectivity index (χ4v) is 7.90. The SMILES string of the molecule is C=c1cc2c(cc1CCC[NH2+]CCCC(=O)NCCCCCCNCC(=O)Nc1ccc3[nH]c(=O)c4ccccc4c3c1)=Cc1ccc(N(C)C)cc1C2(C)C. The summed E-state index contributed by atoms with van der Waals surface area (Å²) in [5, 5.41) is 16.4. The highest BCUT2D eigenvalue weighted by atomic mass is 16.2. The second kappa shape index (κ2) is 18.6. The highest BCUT2D eigenvalue weighted by molar-refractivity contribution is 6.07. The standard InChI is InChI=1S/C47H58N6O3/c1-32-26-41-35(28-34-18-20-37(53(4)5)30-42(34)47(41,2)3)27-33(32)14-12-23-48-24-13-17-44(54)50-25-11-7-6-10-22-49-31-45(55)51-36-19-21-43-40(29-36)38-15-8-9-16-39(38)46(56)52-43/h8-9,15-16,18-21,26-30,48-49H,1,6-7,10-14,17,22-25,31H2,2-5H3,(H,50,54)(H,51,55)(H,52,56)/p+1. The summed E-state index contributed by atoms with van der Waals surface area (Å²) in [5.41, 5.74) is 7.79. The number of carbonyl (C=O) groups is 2. The second-order valence-electron chi connectivity index (χ2n) is 16.0. The van der Waals surface area contributed by atoms with Crippen LogP contribution in [0.1, 0.15) is 81.0 Å². The largest absolute Gasteiger partial charge is 0.378 e. The highest BCUT2D eigenvalue weighted by Gasteiger charge is 2.30. The van der Waals surface area contributed by atoms with Crippen molar-refractivity contribution in [1.29, 1.82) is 0 Å². The van der Waals surface area contributed by atoms with Crippen LogP contribution in [-0.4, -0.2) is 63.6 Å². The van der Waals surface area contributed by atoms with Crippen LogP contribution >= 0.6 is 0 Å². The first-order valence-electron chi connectivity index (χ1n) is 20.3. The van der Waals surface area contributed by atoms with Crippen LogP contribution in [-0.2, 0) is 21.4 Å². The number of nitrogens with one attached hydrogen (secondary N) is 4. The number of hydrogen-bond donors (Lipinski definition) is 5. The van der Waals surface area contributed by atoms with E-state index in [1.54, 1.807) is 12.1 Å². The number of aromatic nitrogens is 1. The van der Waals surface area contributed by atoms with Crippen LogP contribution in [0, 0.1) is 0 Å². The molecule has 1 heterocycles. The molecular formula is C47H59N6O3+.